The Labute approximate surface area is 440 Å². The Kier molecular flexibility index (Phi) is 57.2. The summed E-state index contributed by atoms with van der Waals surface area (Å²) in [4.78, 5) is 38.3. The molecular formula is C65H116O6. The first-order chi connectivity index (χ1) is 35.0. The second-order valence-electron chi connectivity index (χ2n) is 20.6. The highest BCUT2D eigenvalue weighted by molar-refractivity contribution is 5.71. The van der Waals surface area contributed by atoms with Gasteiger partial charge in [-0.15, -0.1) is 0 Å². The normalized spacial score (nSPS) is 12.1. The van der Waals surface area contributed by atoms with E-state index in [0.29, 0.717) is 19.3 Å². The molecule has 0 spiro atoms. The summed E-state index contributed by atoms with van der Waals surface area (Å²) < 4.78 is 16.9. The van der Waals surface area contributed by atoms with E-state index in [9.17, 15) is 14.4 Å². The van der Waals surface area contributed by atoms with Gasteiger partial charge in [0.05, 0.1) is 0 Å². The smallest absolute Gasteiger partial charge is 0.306 e. The van der Waals surface area contributed by atoms with Gasteiger partial charge in [-0.25, -0.2) is 0 Å². The highest BCUT2D eigenvalue weighted by Crippen LogP contribution is 2.16. The van der Waals surface area contributed by atoms with Crippen LogP contribution < -0.4 is 0 Å². The molecule has 412 valence electrons. The monoisotopic (exact) mass is 993 g/mol. The van der Waals surface area contributed by atoms with Crippen LogP contribution in [-0.4, -0.2) is 37.2 Å². The number of carbonyl (C=O) groups is 3. The number of carbonyl (C=O) groups excluding carboxylic acids is 3. The quantitative estimate of drug-likeness (QED) is 0.0261. The molecule has 0 aromatic rings. The predicted octanol–water partition coefficient (Wildman–Crippen LogP) is 20.8. The lowest BCUT2D eigenvalue weighted by atomic mass is 10.1. The largest absolute Gasteiger partial charge is 0.462 e. The van der Waals surface area contributed by atoms with Gasteiger partial charge in [0.25, 0.3) is 0 Å². The first-order valence-electron chi connectivity index (χ1n) is 30.8. The Morgan fingerprint density at radius 2 is 0.507 bits per heavy atom. The van der Waals surface area contributed by atoms with Crippen LogP contribution in [0.2, 0.25) is 0 Å². The zero-order chi connectivity index (χ0) is 51.4. The summed E-state index contributed by atoms with van der Waals surface area (Å²) in [5.41, 5.74) is 0. The second kappa shape index (κ2) is 59.7. The highest BCUT2D eigenvalue weighted by Gasteiger charge is 2.19. The average molecular weight is 994 g/mol. The number of esters is 3. The number of unbranched alkanes of at least 4 members (excludes halogenated alkanes) is 35. The van der Waals surface area contributed by atoms with Crippen LogP contribution in [0, 0.1) is 0 Å². The zero-order valence-electron chi connectivity index (χ0n) is 47.2. The minimum Gasteiger partial charge on any atom is -0.462 e. The molecule has 0 saturated carbocycles. The summed E-state index contributed by atoms with van der Waals surface area (Å²) in [5, 5.41) is 0. The molecule has 0 bridgehead atoms. The summed E-state index contributed by atoms with van der Waals surface area (Å²) >= 11 is 0. The first kappa shape index (κ1) is 68.1. The van der Waals surface area contributed by atoms with Crippen LogP contribution in [0.1, 0.15) is 316 Å². The van der Waals surface area contributed by atoms with E-state index in [1.807, 2.05) is 0 Å². The fraction of sp³-hybridized carbons (Fsp3) is 0.800. The molecule has 71 heavy (non-hydrogen) atoms. The third kappa shape index (κ3) is 57.9. The van der Waals surface area contributed by atoms with Crippen molar-refractivity contribution < 1.29 is 28.6 Å². The molecule has 0 N–H and O–H groups in total. The van der Waals surface area contributed by atoms with Gasteiger partial charge in [-0.2, -0.15) is 0 Å². The maximum atomic E-state index is 12.9. The molecule has 0 radical (unpaired) electrons. The molecule has 0 amide bonds. The second-order valence-corrected chi connectivity index (χ2v) is 20.6. The van der Waals surface area contributed by atoms with Crippen molar-refractivity contribution in [1.29, 1.82) is 0 Å². The summed E-state index contributed by atoms with van der Waals surface area (Å²) in [6.45, 7) is 6.61. The van der Waals surface area contributed by atoms with Crippen molar-refractivity contribution in [2.45, 2.75) is 322 Å². The minimum absolute atomic E-state index is 0.0804. The van der Waals surface area contributed by atoms with Gasteiger partial charge in [0.1, 0.15) is 13.2 Å². The van der Waals surface area contributed by atoms with Gasteiger partial charge >= 0.3 is 17.9 Å². The predicted molar refractivity (Wildman–Crippen MR) is 307 cm³/mol. The summed E-state index contributed by atoms with van der Waals surface area (Å²) in [6.07, 6.45) is 74.9. The molecule has 0 unspecified atom stereocenters. The van der Waals surface area contributed by atoms with Gasteiger partial charge < -0.3 is 14.2 Å². The van der Waals surface area contributed by atoms with Crippen molar-refractivity contribution in [3.05, 3.63) is 60.8 Å². The van der Waals surface area contributed by atoms with Crippen LogP contribution in [0.4, 0.5) is 0 Å². The lowest BCUT2D eigenvalue weighted by molar-refractivity contribution is -0.167. The summed E-state index contributed by atoms with van der Waals surface area (Å²) in [7, 11) is 0. The van der Waals surface area contributed by atoms with Crippen molar-refractivity contribution in [1.82, 2.24) is 0 Å². The highest BCUT2D eigenvalue weighted by atomic mass is 16.6. The van der Waals surface area contributed by atoms with Crippen LogP contribution in [0.25, 0.3) is 0 Å². The van der Waals surface area contributed by atoms with Crippen molar-refractivity contribution >= 4 is 17.9 Å². The molecule has 0 aromatic heterocycles. The Hall–Kier alpha value is -2.89. The standard InChI is InChI=1S/C65H116O6/c1-4-7-10-13-16-19-22-25-28-31-32-35-38-41-44-47-50-53-56-59-65(68)71-62(60-69-63(66)57-54-51-48-45-42-39-36-33-29-26-23-20-17-14-11-8-5-2)61-70-64(67)58-55-52-49-46-43-40-37-34-30-27-24-21-18-15-12-9-6-3/h17-18,20-21,25-30,62H,4-16,19,22-24,31-61H2,1-3H3/b20-17-,21-18-,28-25-,29-26-,30-27-. The fourth-order valence-corrected chi connectivity index (χ4v) is 8.79. The van der Waals surface area contributed by atoms with Gasteiger partial charge in [-0.3, -0.25) is 14.4 Å². The Bertz CT molecular complexity index is 1210. The molecule has 0 aliphatic rings. The zero-order valence-corrected chi connectivity index (χ0v) is 47.2. The van der Waals surface area contributed by atoms with Gasteiger partial charge in [0.15, 0.2) is 6.10 Å². The molecule has 0 aromatic carbocycles. The summed E-state index contributed by atoms with van der Waals surface area (Å²) in [5.74, 6) is -0.883. The molecule has 0 heterocycles. The summed E-state index contributed by atoms with van der Waals surface area (Å²) in [6, 6.07) is 0. The fourth-order valence-electron chi connectivity index (χ4n) is 8.79. The van der Waals surface area contributed by atoms with Gasteiger partial charge in [0.2, 0.25) is 0 Å². The molecule has 6 heteroatoms. The molecule has 6 nitrogen and oxygen atoms in total. The van der Waals surface area contributed by atoms with Crippen molar-refractivity contribution in [3.8, 4) is 0 Å². The maximum Gasteiger partial charge on any atom is 0.306 e. The van der Waals surface area contributed by atoms with E-state index < -0.39 is 6.10 Å². The van der Waals surface area contributed by atoms with Crippen LogP contribution in [0.15, 0.2) is 60.8 Å². The van der Waals surface area contributed by atoms with E-state index in [-0.39, 0.29) is 31.1 Å². The van der Waals surface area contributed by atoms with Crippen LogP contribution in [0.5, 0.6) is 0 Å². The number of hydrogen-bond donors (Lipinski definition) is 0. The van der Waals surface area contributed by atoms with Gasteiger partial charge in [-0.1, -0.05) is 248 Å². The van der Waals surface area contributed by atoms with Crippen molar-refractivity contribution in [3.63, 3.8) is 0 Å². The van der Waals surface area contributed by atoms with Crippen LogP contribution >= 0.6 is 0 Å². The number of ether oxygens (including phenoxy) is 3. The molecule has 0 saturated heterocycles. The number of hydrogen-bond acceptors (Lipinski definition) is 6. The molecule has 0 fully saturated rings. The Morgan fingerprint density at radius 1 is 0.282 bits per heavy atom. The average Bonchev–Trinajstić information content (AvgIpc) is 3.37. The molecule has 0 atom stereocenters. The van der Waals surface area contributed by atoms with Crippen molar-refractivity contribution in [2.75, 3.05) is 13.2 Å². The SMILES string of the molecule is CCCCC/C=C\C/C=C\CCCCCCCCCC(=O)OCC(COC(=O)CCCCCCCCC/C=C\C/C=C\CCCCC)OC(=O)CCCCCCCCCCC/C=C\CCCCCCCC. The minimum atomic E-state index is -0.782. The van der Waals surface area contributed by atoms with Crippen molar-refractivity contribution in [2.24, 2.45) is 0 Å². The first-order valence-corrected chi connectivity index (χ1v) is 30.8. The third-order valence-corrected chi connectivity index (χ3v) is 13.5. The van der Waals surface area contributed by atoms with E-state index in [2.05, 4.69) is 81.5 Å². The number of allylic oxidation sites excluding steroid dienone is 10. The third-order valence-electron chi connectivity index (χ3n) is 13.5. The maximum absolute atomic E-state index is 12.9. The Balaban J connectivity index is 4.39. The topological polar surface area (TPSA) is 78.9 Å². The van der Waals surface area contributed by atoms with E-state index in [0.717, 1.165) is 83.5 Å². The van der Waals surface area contributed by atoms with Crippen LogP contribution in [0.3, 0.4) is 0 Å². The van der Waals surface area contributed by atoms with E-state index in [1.165, 1.54) is 193 Å². The number of rotatable bonds is 56. The van der Waals surface area contributed by atoms with E-state index in [1.54, 1.807) is 0 Å². The lowest BCUT2D eigenvalue weighted by Gasteiger charge is -2.18. The van der Waals surface area contributed by atoms with E-state index in [4.69, 9.17) is 14.2 Å². The molecule has 0 rings (SSSR count). The molecule has 0 aliphatic carbocycles. The molecule has 0 aliphatic heterocycles. The van der Waals surface area contributed by atoms with E-state index >= 15 is 0 Å². The lowest BCUT2D eigenvalue weighted by Crippen LogP contribution is -2.30. The van der Waals surface area contributed by atoms with Crippen LogP contribution in [-0.2, 0) is 28.6 Å². The Morgan fingerprint density at radius 3 is 0.817 bits per heavy atom. The van der Waals surface area contributed by atoms with Gasteiger partial charge in [0, 0.05) is 19.3 Å². The molecular weight excluding hydrogens is 877 g/mol. The van der Waals surface area contributed by atoms with Gasteiger partial charge in [-0.05, 0) is 109 Å².